The quantitative estimate of drug-likeness (QED) is 0.695. The van der Waals surface area contributed by atoms with Gasteiger partial charge in [-0.3, -0.25) is 0 Å². The first-order chi connectivity index (χ1) is 6.25. The largest absolute Gasteiger partial charge is 0.0843 e. The summed E-state index contributed by atoms with van der Waals surface area (Å²) in [5, 5.41) is 2.38. The van der Waals surface area contributed by atoms with Crippen LogP contribution in [0.25, 0.3) is 0 Å². The van der Waals surface area contributed by atoms with E-state index >= 15 is 0 Å². The summed E-state index contributed by atoms with van der Waals surface area (Å²) in [7, 11) is -2.27. The smallest absolute Gasteiger partial charge is 0.0736 e. The summed E-state index contributed by atoms with van der Waals surface area (Å²) in [6.07, 6.45) is 0. The third-order valence-corrected chi connectivity index (χ3v) is 21.3. The third kappa shape index (κ3) is 2.30. The molecule has 0 aliphatic rings. The SMILES string of the molecule is C[Si](C)(C)[Si](C)(C)c1ccc(Cl)cc1. The van der Waals surface area contributed by atoms with E-state index in [2.05, 4.69) is 44.9 Å². The first kappa shape index (κ1) is 12.0. The molecule has 0 unspecified atom stereocenters. The highest BCUT2D eigenvalue weighted by Gasteiger charge is 2.37. The molecule has 0 saturated carbocycles. The fourth-order valence-electron chi connectivity index (χ4n) is 1.30. The number of halogens is 1. The van der Waals surface area contributed by atoms with Crippen LogP contribution in [0.15, 0.2) is 24.3 Å². The number of benzene rings is 1. The van der Waals surface area contributed by atoms with Gasteiger partial charge in [0.1, 0.15) is 0 Å². The Hall–Kier alpha value is -0.0562. The van der Waals surface area contributed by atoms with Crippen molar-refractivity contribution in [1.29, 1.82) is 0 Å². The van der Waals surface area contributed by atoms with Crippen molar-refractivity contribution in [3.05, 3.63) is 29.3 Å². The van der Waals surface area contributed by atoms with Crippen LogP contribution in [0.5, 0.6) is 0 Å². The molecule has 78 valence electrons. The van der Waals surface area contributed by atoms with Gasteiger partial charge >= 0.3 is 0 Å². The zero-order valence-corrected chi connectivity index (χ0v) is 12.4. The minimum atomic E-state index is -1.22. The van der Waals surface area contributed by atoms with Gasteiger partial charge in [0, 0.05) is 12.6 Å². The highest BCUT2D eigenvalue weighted by Crippen LogP contribution is 2.19. The highest BCUT2D eigenvalue weighted by atomic mass is 35.5. The Labute approximate surface area is 94.1 Å². The Morgan fingerprint density at radius 3 is 1.64 bits per heavy atom. The number of hydrogen-bond donors (Lipinski definition) is 0. The fourth-order valence-corrected chi connectivity index (χ4v) is 6.39. The molecule has 0 spiro atoms. The molecule has 0 bridgehead atoms. The molecule has 0 amide bonds. The second-order valence-electron chi connectivity index (χ2n) is 5.38. The molecule has 14 heavy (non-hydrogen) atoms. The molecule has 1 aromatic carbocycles. The standard InChI is InChI=1S/C11H19ClSi2/c1-13(2,3)14(4,5)11-8-6-10(12)7-9-11/h6-9H,1-5H3. The molecular weight excluding hydrogens is 224 g/mol. The fraction of sp³-hybridized carbons (Fsp3) is 0.455. The van der Waals surface area contributed by atoms with Crippen molar-refractivity contribution in [2.45, 2.75) is 32.7 Å². The molecule has 0 heterocycles. The summed E-state index contributed by atoms with van der Waals surface area (Å²) in [6.45, 7) is 12.3. The van der Waals surface area contributed by atoms with E-state index in [1.54, 1.807) is 5.19 Å². The van der Waals surface area contributed by atoms with E-state index in [-0.39, 0.29) is 0 Å². The Kier molecular flexibility index (Phi) is 3.29. The van der Waals surface area contributed by atoms with E-state index in [1.165, 1.54) is 0 Å². The molecule has 1 rings (SSSR count). The van der Waals surface area contributed by atoms with Crippen LogP contribution in [0, 0.1) is 0 Å². The maximum Gasteiger partial charge on any atom is 0.0736 e. The predicted molar refractivity (Wildman–Crippen MR) is 71.9 cm³/mol. The van der Waals surface area contributed by atoms with Gasteiger partial charge in [-0.15, -0.1) is 0 Å². The lowest BCUT2D eigenvalue weighted by molar-refractivity contribution is 1.69. The lowest BCUT2D eigenvalue weighted by Gasteiger charge is -2.35. The molecule has 3 heteroatoms. The van der Waals surface area contributed by atoms with Crippen LogP contribution in [-0.2, 0) is 0 Å². The summed E-state index contributed by atoms with van der Waals surface area (Å²) < 4.78 is 0. The van der Waals surface area contributed by atoms with Crippen molar-refractivity contribution < 1.29 is 0 Å². The van der Waals surface area contributed by atoms with Gasteiger partial charge in [0.25, 0.3) is 0 Å². The van der Waals surface area contributed by atoms with E-state index in [9.17, 15) is 0 Å². The zero-order valence-electron chi connectivity index (χ0n) is 9.69. The monoisotopic (exact) mass is 242 g/mol. The average Bonchev–Trinajstić information content (AvgIpc) is 2.03. The molecule has 1 aromatic rings. The van der Waals surface area contributed by atoms with Crippen LogP contribution < -0.4 is 5.19 Å². The van der Waals surface area contributed by atoms with Gasteiger partial charge in [-0.25, -0.2) is 0 Å². The second kappa shape index (κ2) is 3.83. The Morgan fingerprint density at radius 1 is 0.857 bits per heavy atom. The molecule has 0 N–H and O–H groups in total. The van der Waals surface area contributed by atoms with Gasteiger partial charge < -0.3 is 0 Å². The molecule has 0 nitrogen and oxygen atoms in total. The predicted octanol–water partition coefficient (Wildman–Crippen LogP) is 3.67. The molecule has 0 aromatic heterocycles. The minimum Gasteiger partial charge on any atom is -0.0843 e. The van der Waals surface area contributed by atoms with Gasteiger partial charge in [0.15, 0.2) is 0 Å². The van der Waals surface area contributed by atoms with Gasteiger partial charge in [-0.2, -0.15) is 0 Å². The summed E-state index contributed by atoms with van der Waals surface area (Å²) in [6, 6.07) is 8.47. The van der Waals surface area contributed by atoms with Gasteiger partial charge in [0.2, 0.25) is 0 Å². The topological polar surface area (TPSA) is 0 Å². The Bertz CT molecular complexity index is 309. The van der Waals surface area contributed by atoms with E-state index in [1.807, 2.05) is 12.1 Å². The van der Waals surface area contributed by atoms with Gasteiger partial charge in [0.05, 0.1) is 7.59 Å². The molecule has 0 aliphatic carbocycles. The average molecular weight is 243 g/mol. The first-order valence-corrected chi connectivity index (χ1v) is 12.9. The maximum atomic E-state index is 5.90. The molecule has 0 fully saturated rings. The highest BCUT2D eigenvalue weighted by molar-refractivity contribution is 7.45. The molecule has 0 saturated heterocycles. The van der Waals surface area contributed by atoms with Crippen LogP contribution in [-0.4, -0.2) is 15.2 Å². The van der Waals surface area contributed by atoms with Gasteiger partial charge in [-0.1, -0.05) is 61.7 Å². The summed E-state index contributed by atoms with van der Waals surface area (Å²) in [5.41, 5.74) is 0. The van der Waals surface area contributed by atoms with E-state index < -0.39 is 15.2 Å². The molecule has 0 atom stereocenters. The third-order valence-electron chi connectivity index (χ3n) is 3.44. The molecular formula is C11H19ClSi2. The Balaban J connectivity index is 3.10. The summed E-state index contributed by atoms with van der Waals surface area (Å²) >= 11 is 5.90. The lowest BCUT2D eigenvalue weighted by Crippen LogP contribution is -2.61. The van der Waals surface area contributed by atoms with Crippen LogP contribution in [0.1, 0.15) is 0 Å². The van der Waals surface area contributed by atoms with E-state index in [4.69, 9.17) is 11.6 Å². The maximum absolute atomic E-state index is 5.90. The van der Waals surface area contributed by atoms with Crippen LogP contribution in [0.3, 0.4) is 0 Å². The van der Waals surface area contributed by atoms with Crippen LogP contribution in [0.4, 0.5) is 0 Å². The van der Waals surface area contributed by atoms with Crippen molar-refractivity contribution in [2.24, 2.45) is 0 Å². The summed E-state index contributed by atoms with van der Waals surface area (Å²) in [5.74, 6) is 0. The van der Waals surface area contributed by atoms with Crippen molar-refractivity contribution in [2.75, 3.05) is 0 Å². The number of rotatable bonds is 2. The zero-order chi connectivity index (χ0) is 11.0. The molecule has 0 radical (unpaired) electrons. The molecule has 0 aliphatic heterocycles. The minimum absolute atomic E-state index is 0.842. The van der Waals surface area contributed by atoms with Crippen molar-refractivity contribution in [3.63, 3.8) is 0 Å². The van der Waals surface area contributed by atoms with Crippen molar-refractivity contribution >= 4 is 32.0 Å². The van der Waals surface area contributed by atoms with Gasteiger partial charge in [-0.05, 0) is 12.1 Å². The number of hydrogen-bond acceptors (Lipinski definition) is 0. The van der Waals surface area contributed by atoms with Crippen molar-refractivity contribution in [1.82, 2.24) is 0 Å². The van der Waals surface area contributed by atoms with Crippen molar-refractivity contribution in [3.8, 4) is 0 Å². The summed E-state index contributed by atoms with van der Waals surface area (Å²) in [4.78, 5) is 0. The van der Waals surface area contributed by atoms with E-state index in [0.717, 1.165) is 5.02 Å². The lowest BCUT2D eigenvalue weighted by atomic mass is 10.4. The first-order valence-electron chi connectivity index (χ1n) is 5.01. The van der Waals surface area contributed by atoms with Crippen LogP contribution >= 0.6 is 11.6 Å². The second-order valence-corrected chi connectivity index (χ2v) is 22.4. The Morgan fingerprint density at radius 2 is 1.29 bits per heavy atom. The normalized spacial score (nSPS) is 13.0. The van der Waals surface area contributed by atoms with Crippen LogP contribution in [0.2, 0.25) is 37.8 Å². The van der Waals surface area contributed by atoms with E-state index in [0.29, 0.717) is 0 Å².